The van der Waals surface area contributed by atoms with Crippen LogP contribution in [0.5, 0.6) is 0 Å². The van der Waals surface area contributed by atoms with E-state index in [-0.39, 0.29) is 18.7 Å². The van der Waals surface area contributed by atoms with Gasteiger partial charge in [-0.25, -0.2) is 0 Å². The standard InChI is InChI=1S/C11H17NO2/c1-9(12-7-8-13)11(14)10-5-3-2-4-6-10/h2-6,9,11-14H,7-8H2,1H3/i2D,3D,4D,5D,6D. The number of hydrogen-bond donors (Lipinski definition) is 3. The lowest BCUT2D eigenvalue weighted by Gasteiger charge is -2.20. The lowest BCUT2D eigenvalue weighted by atomic mass is 10.0. The van der Waals surface area contributed by atoms with Crippen molar-refractivity contribution in [3.8, 4) is 0 Å². The van der Waals surface area contributed by atoms with Crippen LogP contribution in [-0.2, 0) is 0 Å². The normalized spacial score (nSPS) is 20.1. The van der Waals surface area contributed by atoms with Gasteiger partial charge >= 0.3 is 0 Å². The van der Waals surface area contributed by atoms with Crippen LogP contribution in [0.4, 0.5) is 0 Å². The van der Waals surface area contributed by atoms with E-state index in [1.165, 1.54) is 0 Å². The second kappa shape index (κ2) is 5.75. The largest absolute Gasteiger partial charge is 0.395 e. The van der Waals surface area contributed by atoms with Crippen molar-refractivity contribution in [2.45, 2.75) is 19.1 Å². The zero-order chi connectivity index (χ0) is 14.7. The van der Waals surface area contributed by atoms with Gasteiger partial charge in [0.2, 0.25) is 0 Å². The monoisotopic (exact) mass is 200 g/mol. The first kappa shape index (κ1) is 5.85. The van der Waals surface area contributed by atoms with Gasteiger partial charge in [-0.15, -0.1) is 0 Å². The second-order valence-corrected chi connectivity index (χ2v) is 2.95. The van der Waals surface area contributed by atoms with E-state index in [1.807, 2.05) is 0 Å². The molecule has 0 aliphatic carbocycles. The Morgan fingerprint density at radius 1 is 1.43 bits per heavy atom. The number of benzene rings is 1. The smallest absolute Gasteiger partial charge is 0.0940 e. The molecule has 0 saturated heterocycles. The quantitative estimate of drug-likeness (QED) is 0.655. The predicted octanol–water partition coefficient (Wildman–Crippen LogP) is 0.690. The molecule has 0 aliphatic heterocycles. The molecule has 3 N–H and O–H groups in total. The van der Waals surface area contributed by atoms with Gasteiger partial charge in [0.25, 0.3) is 0 Å². The van der Waals surface area contributed by atoms with Crippen LogP contribution in [0.1, 0.15) is 25.4 Å². The number of hydrogen-bond acceptors (Lipinski definition) is 3. The average Bonchev–Trinajstić information content (AvgIpc) is 2.40. The SMILES string of the molecule is [2H]c1c([2H])c([2H])c(C(O)C(C)NCCO)c([2H])c1[2H]. The Morgan fingerprint density at radius 3 is 2.64 bits per heavy atom. The van der Waals surface area contributed by atoms with E-state index in [9.17, 15) is 5.11 Å². The molecule has 1 aromatic carbocycles. The molecule has 14 heavy (non-hydrogen) atoms. The summed E-state index contributed by atoms with van der Waals surface area (Å²) in [5.41, 5.74) is -0.135. The first-order chi connectivity index (χ1) is 8.82. The maximum atomic E-state index is 10.1. The first-order valence-corrected chi connectivity index (χ1v) is 4.42. The van der Waals surface area contributed by atoms with Crippen LogP contribution >= 0.6 is 0 Å². The maximum absolute atomic E-state index is 10.1. The van der Waals surface area contributed by atoms with Crippen LogP contribution in [-0.4, -0.2) is 29.4 Å². The highest BCUT2D eigenvalue weighted by molar-refractivity contribution is 5.18. The minimum absolute atomic E-state index is 0.114. The van der Waals surface area contributed by atoms with E-state index in [1.54, 1.807) is 6.92 Å². The molecule has 1 rings (SSSR count). The highest BCUT2D eigenvalue weighted by Crippen LogP contribution is 2.15. The minimum Gasteiger partial charge on any atom is -0.395 e. The van der Waals surface area contributed by atoms with Crippen LogP contribution in [0.3, 0.4) is 0 Å². The van der Waals surface area contributed by atoms with Crippen LogP contribution in [0.2, 0.25) is 0 Å². The summed E-state index contributed by atoms with van der Waals surface area (Å²) in [4.78, 5) is 0. The zero-order valence-corrected chi connectivity index (χ0v) is 7.96. The molecule has 0 spiro atoms. The Balaban J connectivity index is 3.20. The van der Waals surface area contributed by atoms with Gasteiger partial charge in [0.05, 0.1) is 19.6 Å². The summed E-state index contributed by atoms with van der Waals surface area (Å²) in [7, 11) is 0. The van der Waals surface area contributed by atoms with Crippen LogP contribution in [0.25, 0.3) is 0 Å². The maximum Gasteiger partial charge on any atom is 0.0940 e. The Labute approximate surface area is 91.4 Å². The molecule has 0 saturated carbocycles. The van der Waals surface area contributed by atoms with Crippen LogP contribution < -0.4 is 5.32 Å². The highest BCUT2D eigenvalue weighted by Gasteiger charge is 2.14. The molecule has 0 heterocycles. The summed E-state index contributed by atoms with van der Waals surface area (Å²) in [6.07, 6.45) is -1.25. The zero-order valence-electron chi connectivity index (χ0n) is 13.0. The molecule has 78 valence electrons. The van der Waals surface area contributed by atoms with Crippen molar-refractivity contribution in [3.05, 3.63) is 35.8 Å². The molecule has 2 unspecified atom stereocenters. The third-order valence-electron chi connectivity index (χ3n) is 1.87. The number of nitrogens with one attached hydrogen (secondary N) is 1. The molecule has 0 aromatic heterocycles. The van der Waals surface area contributed by atoms with Crippen LogP contribution in [0.15, 0.2) is 30.2 Å². The molecule has 0 amide bonds. The minimum atomic E-state index is -1.25. The Hall–Kier alpha value is -0.900. The van der Waals surface area contributed by atoms with E-state index in [0.29, 0.717) is 0 Å². The van der Waals surface area contributed by atoms with Crippen molar-refractivity contribution in [3.63, 3.8) is 0 Å². The van der Waals surface area contributed by atoms with Crippen molar-refractivity contribution in [1.29, 1.82) is 0 Å². The molecule has 0 fully saturated rings. The van der Waals surface area contributed by atoms with E-state index in [0.717, 1.165) is 0 Å². The summed E-state index contributed by atoms with van der Waals surface area (Å²) >= 11 is 0. The third-order valence-corrected chi connectivity index (χ3v) is 1.87. The Morgan fingerprint density at radius 2 is 2.07 bits per heavy atom. The van der Waals surface area contributed by atoms with Gasteiger partial charge < -0.3 is 15.5 Å². The van der Waals surface area contributed by atoms with E-state index in [4.69, 9.17) is 12.0 Å². The Kier molecular flexibility index (Phi) is 2.41. The lowest BCUT2D eigenvalue weighted by molar-refractivity contribution is 0.132. The molecule has 0 bridgehead atoms. The molecule has 3 heteroatoms. The van der Waals surface area contributed by atoms with Crippen molar-refractivity contribution < 1.29 is 17.1 Å². The number of aliphatic hydroxyl groups excluding tert-OH is 2. The summed E-state index contributed by atoms with van der Waals surface area (Å²) in [5.74, 6) is 0. The fourth-order valence-electron chi connectivity index (χ4n) is 1.06. The lowest BCUT2D eigenvalue weighted by Crippen LogP contribution is -2.34. The Bertz CT molecular complexity index is 440. The van der Waals surface area contributed by atoms with Crippen molar-refractivity contribution in [1.82, 2.24) is 5.32 Å². The second-order valence-electron chi connectivity index (χ2n) is 2.95. The molecule has 0 radical (unpaired) electrons. The molecule has 3 nitrogen and oxygen atoms in total. The first-order valence-electron chi connectivity index (χ1n) is 6.92. The van der Waals surface area contributed by atoms with E-state index in [2.05, 4.69) is 5.32 Å². The molecular formula is C11H17NO2. The topological polar surface area (TPSA) is 52.5 Å². The molecular weight excluding hydrogens is 178 g/mol. The molecule has 0 aliphatic rings. The van der Waals surface area contributed by atoms with Crippen molar-refractivity contribution in [2.75, 3.05) is 13.2 Å². The van der Waals surface area contributed by atoms with Gasteiger partial charge in [0.15, 0.2) is 0 Å². The van der Waals surface area contributed by atoms with Gasteiger partial charge in [-0.3, -0.25) is 0 Å². The summed E-state index contributed by atoms with van der Waals surface area (Å²) in [5, 5.41) is 21.6. The fourth-order valence-corrected chi connectivity index (χ4v) is 1.06. The van der Waals surface area contributed by atoms with E-state index < -0.39 is 42.4 Å². The summed E-state index contributed by atoms with van der Waals surface area (Å²) in [6, 6.07) is -2.78. The fraction of sp³-hybridized carbons (Fsp3) is 0.455. The molecule has 2 atom stereocenters. The third kappa shape index (κ3) is 3.10. The average molecular weight is 200 g/mol. The van der Waals surface area contributed by atoms with Crippen molar-refractivity contribution >= 4 is 0 Å². The number of aliphatic hydroxyl groups is 2. The van der Waals surface area contributed by atoms with E-state index >= 15 is 0 Å². The summed E-state index contributed by atoms with van der Waals surface area (Å²) in [6.45, 7) is 1.75. The van der Waals surface area contributed by atoms with Gasteiger partial charge in [-0.05, 0) is 12.5 Å². The highest BCUT2D eigenvalue weighted by atomic mass is 16.3. The van der Waals surface area contributed by atoms with Gasteiger partial charge in [-0.1, -0.05) is 30.2 Å². The molecule has 1 aromatic rings. The number of rotatable bonds is 5. The summed E-state index contributed by atoms with van der Waals surface area (Å²) < 4.78 is 38.0. The van der Waals surface area contributed by atoms with Gasteiger partial charge in [-0.2, -0.15) is 0 Å². The predicted molar refractivity (Wildman–Crippen MR) is 56.0 cm³/mol. The van der Waals surface area contributed by atoms with Gasteiger partial charge in [0.1, 0.15) is 0 Å². The van der Waals surface area contributed by atoms with Crippen molar-refractivity contribution in [2.24, 2.45) is 0 Å². The van der Waals surface area contributed by atoms with Crippen LogP contribution in [0, 0.1) is 0 Å². The van der Waals surface area contributed by atoms with Gasteiger partial charge in [0, 0.05) is 12.6 Å².